The Morgan fingerprint density at radius 1 is 0.561 bits per heavy atom. The number of carbonyl (C=O) groups is 3. The minimum Gasteiger partial charge on any atom is -0.481 e. The number of carboxylic acids is 1. The first-order valence-corrected chi connectivity index (χ1v) is 24.7. The number of esters is 2. The summed E-state index contributed by atoms with van der Waals surface area (Å²) < 4.78 is 11.4. The van der Waals surface area contributed by atoms with Gasteiger partial charge < -0.3 is 19.5 Å². The Hall–Kier alpha value is -1.63. The molecule has 2 fully saturated rings. The standard InChI is InChI=1S/C36H69NO6.C8H14.C6H14/c1-5-7-15-22-32(23-16-8-6-2)29-31-42-35(40)27-20-14-10-12-18-25-33(43-36(41)28-21-30-37(3)4)24-17-11-9-13-19-26-34(38)39;1-2-4-8-6-5-7(8)3-1;1-4-5-6(2)3/h32-33H,5-31H2,1-4H3,(H,38,39);7-8H,1-6H2;6H,4-5H2,1-3H3. The van der Waals surface area contributed by atoms with Gasteiger partial charge in [0.2, 0.25) is 0 Å². The molecule has 3 atom stereocenters. The molecule has 0 aromatic heterocycles. The van der Waals surface area contributed by atoms with Gasteiger partial charge in [-0.3, -0.25) is 14.4 Å². The number of fused-ring (bicyclic) bond motifs is 1. The summed E-state index contributed by atoms with van der Waals surface area (Å²) in [6, 6.07) is 0. The Morgan fingerprint density at radius 2 is 1.05 bits per heavy atom. The van der Waals surface area contributed by atoms with Crippen LogP contribution in [0, 0.1) is 23.7 Å². The lowest BCUT2D eigenvalue weighted by molar-refractivity contribution is -0.150. The first kappa shape index (κ1) is 55.4. The number of carbonyl (C=O) groups excluding carboxylic acids is 2. The van der Waals surface area contributed by atoms with E-state index >= 15 is 0 Å². The van der Waals surface area contributed by atoms with Crippen molar-refractivity contribution >= 4 is 17.9 Å². The third-order valence-corrected chi connectivity index (χ3v) is 12.2. The Bertz CT molecular complexity index is 900. The Balaban J connectivity index is 0.00000184. The summed E-state index contributed by atoms with van der Waals surface area (Å²) >= 11 is 0. The summed E-state index contributed by atoms with van der Waals surface area (Å²) in [5.41, 5.74) is 0. The molecule has 0 aliphatic heterocycles. The molecule has 1 N–H and O–H groups in total. The van der Waals surface area contributed by atoms with Crippen molar-refractivity contribution in [2.75, 3.05) is 27.2 Å². The van der Waals surface area contributed by atoms with E-state index in [1.807, 2.05) is 14.1 Å². The van der Waals surface area contributed by atoms with Gasteiger partial charge in [-0.05, 0) is 109 Å². The van der Waals surface area contributed by atoms with Crippen LogP contribution in [0.4, 0.5) is 0 Å². The van der Waals surface area contributed by atoms with Gasteiger partial charge in [-0.25, -0.2) is 0 Å². The molecule has 2 aliphatic rings. The molecule has 2 saturated carbocycles. The van der Waals surface area contributed by atoms with Crippen LogP contribution in [-0.2, 0) is 23.9 Å². The second-order valence-corrected chi connectivity index (χ2v) is 18.5. The quantitative estimate of drug-likeness (QED) is 0.0511. The lowest BCUT2D eigenvalue weighted by atomic mass is 9.66. The van der Waals surface area contributed by atoms with E-state index in [-0.39, 0.29) is 24.5 Å². The maximum atomic E-state index is 12.4. The predicted molar refractivity (Wildman–Crippen MR) is 242 cm³/mol. The fourth-order valence-electron chi connectivity index (χ4n) is 8.40. The molecule has 3 unspecified atom stereocenters. The highest BCUT2D eigenvalue weighted by atomic mass is 16.5. The molecule has 2 aliphatic carbocycles. The maximum Gasteiger partial charge on any atom is 0.306 e. The molecule has 0 saturated heterocycles. The third kappa shape index (κ3) is 37.1. The highest BCUT2D eigenvalue weighted by Gasteiger charge is 2.32. The van der Waals surface area contributed by atoms with Crippen LogP contribution < -0.4 is 0 Å². The van der Waals surface area contributed by atoms with Crippen molar-refractivity contribution in [1.82, 2.24) is 4.90 Å². The van der Waals surface area contributed by atoms with E-state index < -0.39 is 5.97 Å². The minimum absolute atomic E-state index is 0.0337. The van der Waals surface area contributed by atoms with Crippen LogP contribution >= 0.6 is 0 Å². The van der Waals surface area contributed by atoms with E-state index in [9.17, 15) is 14.4 Å². The van der Waals surface area contributed by atoms with Crippen LogP contribution in [0.3, 0.4) is 0 Å². The van der Waals surface area contributed by atoms with Crippen molar-refractivity contribution in [1.29, 1.82) is 0 Å². The average molecular weight is 808 g/mol. The molecule has 338 valence electrons. The van der Waals surface area contributed by atoms with E-state index in [1.165, 1.54) is 88.9 Å². The first-order valence-electron chi connectivity index (χ1n) is 24.7. The van der Waals surface area contributed by atoms with Crippen molar-refractivity contribution in [3.63, 3.8) is 0 Å². The zero-order valence-electron chi connectivity index (χ0n) is 39.1. The van der Waals surface area contributed by atoms with Crippen molar-refractivity contribution in [3.8, 4) is 0 Å². The topological polar surface area (TPSA) is 93.1 Å². The number of hydrogen-bond acceptors (Lipinski definition) is 6. The number of unbranched alkanes of at least 4 members (excludes halogenated alkanes) is 12. The number of rotatable bonds is 34. The molecule has 0 aromatic rings. The van der Waals surface area contributed by atoms with Crippen LogP contribution in [0.2, 0.25) is 0 Å². The monoisotopic (exact) mass is 808 g/mol. The summed E-state index contributed by atoms with van der Waals surface area (Å²) in [6.45, 7) is 12.7. The molecule has 7 nitrogen and oxygen atoms in total. The lowest BCUT2D eigenvalue weighted by Gasteiger charge is -2.40. The van der Waals surface area contributed by atoms with Crippen LogP contribution in [0.25, 0.3) is 0 Å². The van der Waals surface area contributed by atoms with Crippen molar-refractivity contribution in [3.05, 3.63) is 0 Å². The Kier molecular flexibility index (Phi) is 38.7. The van der Waals surface area contributed by atoms with Crippen molar-refractivity contribution in [2.24, 2.45) is 23.7 Å². The summed E-state index contributed by atoms with van der Waals surface area (Å²) in [4.78, 5) is 37.4. The van der Waals surface area contributed by atoms with Crippen LogP contribution in [-0.4, -0.2) is 61.3 Å². The Labute approximate surface area is 354 Å². The van der Waals surface area contributed by atoms with Crippen molar-refractivity contribution in [2.45, 2.75) is 253 Å². The predicted octanol–water partition coefficient (Wildman–Crippen LogP) is 14.5. The molecule has 0 heterocycles. The third-order valence-electron chi connectivity index (χ3n) is 12.2. The highest BCUT2D eigenvalue weighted by Crippen LogP contribution is 2.44. The van der Waals surface area contributed by atoms with E-state index in [0.29, 0.717) is 25.4 Å². The van der Waals surface area contributed by atoms with Crippen molar-refractivity contribution < 1.29 is 29.0 Å². The molecule has 0 bridgehead atoms. The SMILES string of the molecule is C1CCC2CCC2C1.CCCC(C)C.CCCCCC(CCCCC)CCOC(=O)CCCCCCCC(CCCCCCCC(=O)O)OC(=O)CCCN(C)C. The smallest absolute Gasteiger partial charge is 0.306 e. The molecule has 2 rings (SSSR count). The van der Waals surface area contributed by atoms with Gasteiger partial charge in [0.15, 0.2) is 0 Å². The normalized spacial score (nSPS) is 16.5. The van der Waals surface area contributed by atoms with Gasteiger partial charge in [-0.1, -0.05) is 163 Å². The summed E-state index contributed by atoms with van der Waals surface area (Å²) in [5, 5.41) is 8.77. The van der Waals surface area contributed by atoms with Gasteiger partial charge in [-0.2, -0.15) is 0 Å². The molecule has 0 radical (unpaired) electrons. The molecule has 57 heavy (non-hydrogen) atoms. The molecular formula is C50H97NO6. The number of carboxylic acid groups (broad SMARTS) is 1. The fourth-order valence-corrected chi connectivity index (χ4v) is 8.40. The zero-order valence-corrected chi connectivity index (χ0v) is 39.1. The van der Waals surface area contributed by atoms with Gasteiger partial charge in [0.25, 0.3) is 0 Å². The molecule has 7 heteroatoms. The Morgan fingerprint density at radius 3 is 1.49 bits per heavy atom. The largest absolute Gasteiger partial charge is 0.481 e. The van der Waals surface area contributed by atoms with E-state index in [0.717, 1.165) is 102 Å². The summed E-state index contributed by atoms with van der Waals surface area (Å²) in [7, 11) is 4.02. The van der Waals surface area contributed by atoms with Crippen LogP contribution in [0.15, 0.2) is 0 Å². The van der Waals surface area contributed by atoms with Gasteiger partial charge in [0.05, 0.1) is 6.61 Å². The number of nitrogens with zero attached hydrogens (tertiary/aromatic N) is 1. The van der Waals surface area contributed by atoms with Crippen LogP contribution in [0.1, 0.15) is 247 Å². The fraction of sp³-hybridized carbons (Fsp3) is 0.940. The summed E-state index contributed by atoms with van der Waals surface area (Å²) in [6.07, 6.45) is 36.8. The minimum atomic E-state index is -0.726. The molecule has 0 aromatic carbocycles. The maximum absolute atomic E-state index is 12.4. The van der Waals surface area contributed by atoms with E-state index in [1.54, 1.807) is 25.7 Å². The zero-order chi connectivity index (χ0) is 42.4. The van der Waals surface area contributed by atoms with Crippen LogP contribution in [0.5, 0.6) is 0 Å². The van der Waals surface area contributed by atoms with Gasteiger partial charge in [-0.15, -0.1) is 0 Å². The number of aliphatic carboxylic acids is 1. The van der Waals surface area contributed by atoms with Gasteiger partial charge in [0, 0.05) is 19.3 Å². The van der Waals surface area contributed by atoms with E-state index in [4.69, 9.17) is 14.6 Å². The number of hydrogen-bond donors (Lipinski definition) is 1. The second kappa shape index (κ2) is 39.8. The molecule has 0 amide bonds. The molecule has 0 spiro atoms. The lowest BCUT2D eigenvalue weighted by Crippen LogP contribution is -2.28. The van der Waals surface area contributed by atoms with E-state index in [2.05, 4.69) is 39.5 Å². The highest BCUT2D eigenvalue weighted by molar-refractivity contribution is 5.69. The van der Waals surface area contributed by atoms with Gasteiger partial charge in [0.1, 0.15) is 6.10 Å². The average Bonchev–Trinajstić information content (AvgIpc) is 3.14. The van der Waals surface area contributed by atoms with Gasteiger partial charge >= 0.3 is 17.9 Å². The number of ether oxygens (including phenoxy) is 2. The summed E-state index contributed by atoms with van der Waals surface area (Å²) in [5.74, 6) is 3.08. The molecular weight excluding hydrogens is 711 g/mol. The second-order valence-electron chi connectivity index (χ2n) is 18.5. The first-order chi connectivity index (χ1) is 27.5.